The van der Waals surface area contributed by atoms with Crippen molar-refractivity contribution in [1.29, 1.82) is 0 Å². The van der Waals surface area contributed by atoms with Crippen LogP contribution in [0, 0.1) is 11.6 Å². The van der Waals surface area contributed by atoms with Gasteiger partial charge in [0.25, 0.3) is 0 Å². The highest BCUT2D eigenvalue weighted by molar-refractivity contribution is 6.58. The Morgan fingerprint density at radius 2 is 1.85 bits per heavy atom. The molecule has 0 fully saturated rings. The van der Waals surface area contributed by atoms with Gasteiger partial charge in [-0.2, -0.15) is 0 Å². The van der Waals surface area contributed by atoms with Crippen LogP contribution in [0.25, 0.3) is 0 Å². The average Bonchev–Trinajstić information content (AvgIpc) is 2.39. The van der Waals surface area contributed by atoms with Crippen molar-refractivity contribution in [2.45, 2.75) is 6.61 Å². The molecule has 2 rings (SSSR count). The highest BCUT2D eigenvalue weighted by Crippen LogP contribution is 2.27. The third-order valence-electron chi connectivity index (χ3n) is 2.64. The van der Waals surface area contributed by atoms with Crippen molar-refractivity contribution in [2.75, 3.05) is 0 Å². The Morgan fingerprint density at radius 1 is 1.10 bits per heavy atom. The first-order valence-corrected chi connectivity index (χ1v) is 6.08. The minimum Gasteiger partial charge on any atom is -0.484 e. The third-order valence-corrected chi connectivity index (χ3v) is 2.94. The van der Waals surface area contributed by atoms with Gasteiger partial charge in [0.05, 0.1) is 5.02 Å². The summed E-state index contributed by atoms with van der Waals surface area (Å²) in [5.74, 6) is -1.46. The van der Waals surface area contributed by atoms with E-state index < -0.39 is 18.8 Å². The van der Waals surface area contributed by atoms with Crippen LogP contribution in [-0.2, 0) is 6.61 Å². The van der Waals surface area contributed by atoms with Gasteiger partial charge in [-0.15, -0.1) is 0 Å². The van der Waals surface area contributed by atoms with Crippen molar-refractivity contribution < 1.29 is 23.6 Å². The molecule has 0 aromatic heterocycles. The fraction of sp³-hybridized carbons (Fsp3) is 0.0769. The van der Waals surface area contributed by atoms with E-state index in [9.17, 15) is 8.78 Å². The molecular formula is C13H10BClF2O3. The molecule has 104 valence electrons. The standard InChI is InChI=1S/C13H10BClF2O3/c15-10-2-1-3-12(17)13(10)20-7-8-4-5-11(16)9(6-8)14(18)19/h1-6,18-19H,7H2. The fourth-order valence-electron chi connectivity index (χ4n) is 1.66. The van der Waals surface area contributed by atoms with Gasteiger partial charge in [-0.1, -0.05) is 29.8 Å². The maximum Gasteiger partial charge on any atom is 0.491 e. The number of hydrogen-bond donors (Lipinski definition) is 2. The number of halogens is 3. The summed E-state index contributed by atoms with van der Waals surface area (Å²) in [6, 6.07) is 7.84. The van der Waals surface area contributed by atoms with Crippen LogP contribution in [0.5, 0.6) is 5.75 Å². The summed E-state index contributed by atoms with van der Waals surface area (Å²) in [6.07, 6.45) is 0. The molecule has 0 heterocycles. The Kier molecular flexibility index (Phi) is 4.59. The number of hydrogen-bond acceptors (Lipinski definition) is 3. The second-order valence-corrected chi connectivity index (χ2v) is 4.48. The first-order valence-electron chi connectivity index (χ1n) is 5.70. The zero-order valence-corrected chi connectivity index (χ0v) is 10.9. The minimum absolute atomic E-state index is 0.0827. The Morgan fingerprint density at radius 3 is 2.50 bits per heavy atom. The smallest absolute Gasteiger partial charge is 0.484 e. The number of para-hydroxylation sites is 1. The number of ether oxygens (including phenoxy) is 1. The monoisotopic (exact) mass is 298 g/mol. The lowest BCUT2D eigenvalue weighted by Crippen LogP contribution is -2.33. The van der Waals surface area contributed by atoms with Crippen LogP contribution in [0.15, 0.2) is 36.4 Å². The molecule has 0 atom stereocenters. The lowest BCUT2D eigenvalue weighted by atomic mass is 9.79. The fourth-order valence-corrected chi connectivity index (χ4v) is 1.87. The molecule has 20 heavy (non-hydrogen) atoms. The van der Waals surface area contributed by atoms with E-state index in [0.29, 0.717) is 5.56 Å². The quantitative estimate of drug-likeness (QED) is 0.847. The van der Waals surface area contributed by atoms with Crippen LogP contribution in [0.2, 0.25) is 5.02 Å². The molecule has 3 nitrogen and oxygen atoms in total. The van der Waals surface area contributed by atoms with Crippen molar-refractivity contribution in [2.24, 2.45) is 0 Å². The van der Waals surface area contributed by atoms with Gasteiger partial charge in [0.2, 0.25) is 0 Å². The molecule has 0 bridgehead atoms. The van der Waals surface area contributed by atoms with Gasteiger partial charge in [-0.05, 0) is 23.8 Å². The van der Waals surface area contributed by atoms with Gasteiger partial charge < -0.3 is 14.8 Å². The van der Waals surface area contributed by atoms with E-state index >= 15 is 0 Å². The molecule has 0 unspecified atom stereocenters. The van der Waals surface area contributed by atoms with Crippen molar-refractivity contribution in [3.63, 3.8) is 0 Å². The van der Waals surface area contributed by atoms with Crippen molar-refractivity contribution in [1.82, 2.24) is 0 Å². The van der Waals surface area contributed by atoms with E-state index in [1.807, 2.05) is 0 Å². The van der Waals surface area contributed by atoms with Crippen LogP contribution in [0.3, 0.4) is 0 Å². The number of benzene rings is 2. The SMILES string of the molecule is OB(O)c1cc(COc2c(F)cccc2Cl)ccc1F. The first kappa shape index (κ1) is 14.8. The second-order valence-electron chi connectivity index (χ2n) is 4.07. The summed E-state index contributed by atoms with van der Waals surface area (Å²) in [5, 5.41) is 18.1. The van der Waals surface area contributed by atoms with E-state index in [0.717, 1.165) is 6.07 Å². The number of rotatable bonds is 4. The molecule has 2 N–H and O–H groups in total. The van der Waals surface area contributed by atoms with Gasteiger partial charge in [-0.3, -0.25) is 0 Å². The molecule has 0 aliphatic heterocycles. The molecule has 7 heteroatoms. The lowest BCUT2D eigenvalue weighted by Gasteiger charge is -2.10. The van der Waals surface area contributed by atoms with E-state index in [1.54, 1.807) is 0 Å². The van der Waals surface area contributed by atoms with Crippen LogP contribution >= 0.6 is 11.6 Å². The molecule has 0 saturated heterocycles. The van der Waals surface area contributed by atoms with Gasteiger partial charge in [0, 0.05) is 5.46 Å². The summed E-state index contributed by atoms with van der Waals surface area (Å²) in [5.41, 5.74) is 0.180. The van der Waals surface area contributed by atoms with E-state index in [4.69, 9.17) is 26.4 Å². The Hall–Kier alpha value is -1.63. The van der Waals surface area contributed by atoms with Crippen LogP contribution in [-0.4, -0.2) is 17.2 Å². The first-order chi connectivity index (χ1) is 9.49. The molecule has 0 aliphatic carbocycles. The third kappa shape index (κ3) is 3.28. The van der Waals surface area contributed by atoms with E-state index in [-0.39, 0.29) is 22.8 Å². The van der Waals surface area contributed by atoms with Crippen molar-refractivity contribution in [3.05, 3.63) is 58.6 Å². The highest BCUT2D eigenvalue weighted by atomic mass is 35.5. The van der Waals surface area contributed by atoms with Gasteiger partial charge >= 0.3 is 7.12 Å². The average molecular weight is 298 g/mol. The summed E-state index contributed by atoms with van der Waals surface area (Å²) in [7, 11) is -1.92. The van der Waals surface area contributed by atoms with Gasteiger partial charge in [0.1, 0.15) is 12.4 Å². The topological polar surface area (TPSA) is 49.7 Å². The Balaban J connectivity index is 2.17. The molecule has 0 saturated carbocycles. The van der Waals surface area contributed by atoms with Crippen molar-refractivity contribution >= 4 is 24.2 Å². The lowest BCUT2D eigenvalue weighted by molar-refractivity contribution is 0.290. The molecule has 2 aromatic carbocycles. The second kappa shape index (κ2) is 6.22. The maximum absolute atomic E-state index is 13.5. The molecule has 0 radical (unpaired) electrons. The Labute approximate surface area is 119 Å². The van der Waals surface area contributed by atoms with Crippen molar-refractivity contribution in [3.8, 4) is 5.75 Å². The van der Waals surface area contributed by atoms with Crippen LogP contribution in [0.4, 0.5) is 8.78 Å². The zero-order chi connectivity index (χ0) is 14.7. The van der Waals surface area contributed by atoms with E-state index in [1.165, 1.54) is 30.3 Å². The van der Waals surface area contributed by atoms with Crippen LogP contribution in [0.1, 0.15) is 5.56 Å². The molecule has 0 amide bonds. The molecule has 0 spiro atoms. The molecular weight excluding hydrogens is 288 g/mol. The normalized spacial score (nSPS) is 10.4. The summed E-state index contributed by atoms with van der Waals surface area (Å²) in [4.78, 5) is 0. The van der Waals surface area contributed by atoms with Gasteiger partial charge in [0.15, 0.2) is 11.6 Å². The zero-order valence-electron chi connectivity index (χ0n) is 10.2. The summed E-state index contributed by atoms with van der Waals surface area (Å²) < 4.78 is 32.0. The van der Waals surface area contributed by atoms with Gasteiger partial charge in [-0.25, -0.2) is 8.78 Å². The summed E-state index contributed by atoms with van der Waals surface area (Å²) >= 11 is 5.80. The van der Waals surface area contributed by atoms with E-state index in [2.05, 4.69) is 0 Å². The molecule has 0 aliphatic rings. The predicted octanol–water partition coefficient (Wildman–Crippen LogP) is 1.88. The maximum atomic E-state index is 13.5. The Bertz CT molecular complexity index is 602. The largest absolute Gasteiger partial charge is 0.491 e. The minimum atomic E-state index is -1.92. The molecule has 2 aromatic rings. The predicted molar refractivity (Wildman–Crippen MR) is 72.0 cm³/mol. The highest BCUT2D eigenvalue weighted by Gasteiger charge is 2.17. The summed E-state index contributed by atoms with van der Waals surface area (Å²) in [6.45, 7) is -0.0827. The van der Waals surface area contributed by atoms with Crippen LogP contribution < -0.4 is 10.2 Å².